The molecule has 3 nitrogen and oxygen atoms in total. The van der Waals surface area contributed by atoms with Crippen molar-refractivity contribution in [1.82, 2.24) is 9.55 Å². The first-order chi connectivity index (χ1) is 17.2. The fourth-order valence-corrected chi connectivity index (χ4v) is 2.24. The van der Waals surface area contributed by atoms with Gasteiger partial charge in [-0.1, -0.05) is 51.0 Å². The molecule has 25 heavy (non-hydrogen) atoms. The molecule has 3 heteroatoms. The second-order valence-corrected chi connectivity index (χ2v) is 6.38. The lowest BCUT2D eigenvalue weighted by molar-refractivity contribution is 0.589. The molecule has 126 valence electrons. The van der Waals surface area contributed by atoms with Crippen LogP contribution in [0.25, 0.3) is 21.9 Å². The lowest BCUT2D eigenvalue weighted by Gasteiger charge is -2.23. The molecule has 0 fully saturated rings. The Bertz CT molecular complexity index is 1460. The first-order valence-electron chi connectivity index (χ1n) is 13.9. The van der Waals surface area contributed by atoms with Crippen molar-refractivity contribution < 1.29 is 17.8 Å². The van der Waals surface area contributed by atoms with E-state index in [1.165, 1.54) is 0 Å². The summed E-state index contributed by atoms with van der Waals surface area (Å²) in [7, 11) is 0. The molecule has 0 atom stereocenters. The molecular formula is C22H23N3. The van der Waals surface area contributed by atoms with Gasteiger partial charge in [-0.15, -0.1) is 0 Å². The van der Waals surface area contributed by atoms with Gasteiger partial charge in [0.1, 0.15) is 5.82 Å². The summed E-state index contributed by atoms with van der Waals surface area (Å²) in [6, 6.07) is -1.92. The molecule has 0 saturated carbocycles. The predicted octanol–water partition coefficient (Wildman–Crippen LogP) is 6.00. The van der Waals surface area contributed by atoms with Gasteiger partial charge in [-0.2, -0.15) is 0 Å². The van der Waals surface area contributed by atoms with Crippen molar-refractivity contribution in [2.24, 2.45) is 0 Å². The number of imidazole rings is 1. The first-order valence-corrected chi connectivity index (χ1v) is 7.39. The molecule has 0 saturated heterocycles. The normalized spacial score (nSPS) is 19.8. The van der Waals surface area contributed by atoms with Gasteiger partial charge in [-0.05, 0) is 41.9 Å². The molecular weight excluding hydrogens is 306 g/mol. The van der Waals surface area contributed by atoms with Crippen molar-refractivity contribution in [3.63, 3.8) is 0 Å². The van der Waals surface area contributed by atoms with Crippen LogP contribution in [0.4, 0.5) is 5.69 Å². The minimum absolute atomic E-state index is 0.138. The summed E-state index contributed by atoms with van der Waals surface area (Å²) in [5.41, 5.74) is -4.30. The fourth-order valence-electron chi connectivity index (χ4n) is 2.24. The SMILES string of the molecule is [2H]c1cc(-c2nc([2H])c([2H])n2-c2c(C([2H])([2H])[2H])c([2H])c(C(C)(C)C)c([2H])c2C([2H])([2H])[2H])c([2H])c([N+]#[C-])c1[2H]. The summed E-state index contributed by atoms with van der Waals surface area (Å²) in [5, 5.41) is 0. The molecule has 3 aromatic rings. The zero-order valence-corrected chi connectivity index (χ0v) is 13.9. The standard InChI is InChI=1S/C22H23N3/c1-15-12-18(22(3,4)5)13-16(2)20(15)25-11-10-24-21(25)17-8-7-9-19(14-17)23-6/h7-14H,1-5H3/i1D3,2D3,7D,9D,10D,11D,12D,13D,14D. The third kappa shape index (κ3) is 3.21. The van der Waals surface area contributed by atoms with Crippen LogP contribution in [-0.4, -0.2) is 9.55 Å². The molecule has 0 bridgehead atoms. The lowest BCUT2D eigenvalue weighted by atomic mass is 9.84. The van der Waals surface area contributed by atoms with E-state index >= 15 is 0 Å². The summed E-state index contributed by atoms with van der Waals surface area (Å²) in [6.45, 7) is 5.88. The van der Waals surface area contributed by atoms with E-state index in [-0.39, 0.29) is 11.1 Å². The van der Waals surface area contributed by atoms with Gasteiger partial charge in [0.2, 0.25) is 0 Å². The number of nitrogens with zero attached hydrogens (tertiary/aromatic N) is 3. The van der Waals surface area contributed by atoms with Crippen LogP contribution >= 0.6 is 0 Å². The molecule has 0 aliphatic carbocycles. The summed E-state index contributed by atoms with van der Waals surface area (Å²) >= 11 is 0. The van der Waals surface area contributed by atoms with Gasteiger partial charge in [0.25, 0.3) is 0 Å². The molecule has 2 aromatic carbocycles. The van der Waals surface area contributed by atoms with E-state index in [0.29, 0.717) is 4.57 Å². The van der Waals surface area contributed by atoms with Gasteiger partial charge in [0.05, 0.1) is 19.1 Å². The van der Waals surface area contributed by atoms with E-state index < -0.39 is 90.0 Å². The van der Waals surface area contributed by atoms with Crippen molar-refractivity contribution in [2.75, 3.05) is 0 Å². The third-order valence-corrected chi connectivity index (χ3v) is 3.50. The predicted molar refractivity (Wildman–Crippen MR) is 103 cm³/mol. The Hall–Kier alpha value is -2.86. The van der Waals surface area contributed by atoms with E-state index in [2.05, 4.69) is 9.83 Å². The van der Waals surface area contributed by atoms with Gasteiger partial charge in [0.15, 0.2) is 5.69 Å². The zero-order chi connectivity index (χ0) is 29.3. The Balaban J connectivity index is 2.73. The van der Waals surface area contributed by atoms with Gasteiger partial charge in [0, 0.05) is 28.9 Å². The summed E-state index contributed by atoms with van der Waals surface area (Å²) in [5.74, 6) is -0.498. The van der Waals surface area contributed by atoms with Crippen molar-refractivity contribution in [3.8, 4) is 17.1 Å². The molecule has 0 amide bonds. The second kappa shape index (κ2) is 6.22. The van der Waals surface area contributed by atoms with Gasteiger partial charge < -0.3 is 0 Å². The van der Waals surface area contributed by atoms with Crippen LogP contribution < -0.4 is 0 Å². The topological polar surface area (TPSA) is 22.2 Å². The minimum atomic E-state index is -3.12. The average molecular weight is 343 g/mol. The van der Waals surface area contributed by atoms with E-state index in [1.54, 1.807) is 20.8 Å². The highest BCUT2D eigenvalue weighted by molar-refractivity contribution is 5.66. The third-order valence-electron chi connectivity index (χ3n) is 3.50. The number of rotatable bonds is 2. The number of benzene rings is 2. The molecule has 0 unspecified atom stereocenters. The maximum atomic E-state index is 8.77. The maximum Gasteiger partial charge on any atom is 0.187 e. The molecule has 1 aromatic heterocycles. The van der Waals surface area contributed by atoms with Crippen LogP contribution in [0.3, 0.4) is 0 Å². The lowest BCUT2D eigenvalue weighted by Crippen LogP contribution is -2.13. The second-order valence-electron chi connectivity index (χ2n) is 6.38. The zero-order valence-electron chi connectivity index (χ0n) is 26.9. The molecule has 0 N–H and O–H groups in total. The molecule has 0 radical (unpaired) electrons. The van der Waals surface area contributed by atoms with Crippen molar-refractivity contribution in [1.29, 1.82) is 0 Å². The molecule has 3 rings (SSSR count). The van der Waals surface area contributed by atoms with Crippen LogP contribution in [0.1, 0.15) is 55.3 Å². The number of hydrogen-bond donors (Lipinski definition) is 0. The van der Waals surface area contributed by atoms with Crippen LogP contribution in [0.15, 0.2) is 48.6 Å². The Labute approximate surface area is 168 Å². The van der Waals surface area contributed by atoms with Crippen molar-refractivity contribution in [3.05, 3.63) is 76.7 Å². The summed E-state index contributed by atoms with van der Waals surface area (Å²) in [4.78, 5) is 7.04. The monoisotopic (exact) mass is 342 g/mol. The van der Waals surface area contributed by atoms with E-state index in [9.17, 15) is 0 Å². The van der Waals surface area contributed by atoms with Crippen LogP contribution in [-0.2, 0) is 5.41 Å². The Morgan fingerprint density at radius 3 is 2.52 bits per heavy atom. The highest BCUT2D eigenvalue weighted by Crippen LogP contribution is 2.32. The van der Waals surface area contributed by atoms with Gasteiger partial charge in [-0.3, -0.25) is 4.57 Å². The quantitative estimate of drug-likeness (QED) is 0.523. The first kappa shape index (κ1) is 7.17. The van der Waals surface area contributed by atoms with Crippen molar-refractivity contribution in [2.45, 2.75) is 39.9 Å². The van der Waals surface area contributed by atoms with Crippen LogP contribution in [0.2, 0.25) is 0 Å². The minimum Gasteiger partial charge on any atom is -0.299 e. The average Bonchev–Trinajstić information content (AvgIpc) is 3.01. The smallest absolute Gasteiger partial charge is 0.187 e. The summed E-state index contributed by atoms with van der Waals surface area (Å²) in [6.07, 6.45) is -1.53. The van der Waals surface area contributed by atoms with Gasteiger partial charge in [-0.25, -0.2) is 9.83 Å². The Kier molecular flexibility index (Phi) is 1.78. The Morgan fingerprint density at radius 1 is 1.20 bits per heavy atom. The van der Waals surface area contributed by atoms with Crippen LogP contribution in [0.5, 0.6) is 0 Å². The maximum absolute atomic E-state index is 8.77. The van der Waals surface area contributed by atoms with E-state index in [4.69, 9.17) is 24.4 Å². The number of aromatic nitrogens is 2. The number of hydrogen-bond acceptors (Lipinski definition) is 1. The largest absolute Gasteiger partial charge is 0.299 e. The molecule has 0 spiro atoms. The fraction of sp³-hybridized carbons (Fsp3) is 0.273. The van der Waals surface area contributed by atoms with Gasteiger partial charge >= 0.3 is 0 Å². The highest BCUT2D eigenvalue weighted by atomic mass is 15.1. The van der Waals surface area contributed by atoms with Crippen LogP contribution in [0, 0.1) is 20.3 Å². The Morgan fingerprint density at radius 2 is 1.92 bits per heavy atom. The molecule has 1 heterocycles. The van der Waals surface area contributed by atoms with E-state index in [1.807, 2.05) is 0 Å². The molecule has 0 aliphatic heterocycles. The summed E-state index contributed by atoms with van der Waals surface area (Å²) < 4.78 is 108. The van der Waals surface area contributed by atoms with E-state index in [0.717, 1.165) is 6.07 Å². The highest BCUT2D eigenvalue weighted by Gasteiger charge is 2.18. The van der Waals surface area contributed by atoms with Crippen molar-refractivity contribution >= 4 is 5.69 Å². The molecule has 0 aliphatic rings.